The number of halogens is 4. The van der Waals surface area contributed by atoms with Crippen LogP contribution in [0.2, 0.25) is 0 Å². The highest BCUT2D eigenvalue weighted by Crippen LogP contribution is 2.23. The van der Waals surface area contributed by atoms with E-state index < -0.39 is 19.0 Å². The summed E-state index contributed by atoms with van der Waals surface area (Å²) in [4.78, 5) is 0. The van der Waals surface area contributed by atoms with Crippen molar-refractivity contribution in [1.29, 1.82) is 0 Å². The van der Waals surface area contributed by atoms with Gasteiger partial charge in [0.2, 0.25) is 6.10 Å². The van der Waals surface area contributed by atoms with Crippen LogP contribution in [-0.2, 0) is 4.74 Å². The van der Waals surface area contributed by atoms with Gasteiger partial charge in [0.15, 0.2) is 0 Å². The summed E-state index contributed by atoms with van der Waals surface area (Å²) in [6.07, 6.45) is -6.45. The molecule has 0 spiro atoms. The average molecular weight is 158 g/mol. The zero-order chi connectivity index (χ0) is 8.20. The van der Waals surface area contributed by atoms with E-state index in [9.17, 15) is 17.6 Å². The maximum Gasteiger partial charge on any atom is 0.427 e. The largest absolute Gasteiger partial charge is 0.486 e. The van der Waals surface area contributed by atoms with Crippen molar-refractivity contribution in [1.82, 2.24) is 0 Å². The van der Waals surface area contributed by atoms with Gasteiger partial charge in [-0.25, -0.2) is 4.39 Å². The van der Waals surface area contributed by atoms with Gasteiger partial charge in [-0.15, -0.1) is 0 Å². The fourth-order valence-corrected chi connectivity index (χ4v) is 0.317. The summed E-state index contributed by atoms with van der Waals surface area (Å²) < 4.78 is 49.8. The summed E-state index contributed by atoms with van der Waals surface area (Å²) in [6.45, 7) is 1.29. The lowest BCUT2D eigenvalue weighted by Crippen LogP contribution is -2.31. The smallest absolute Gasteiger partial charge is 0.427 e. The van der Waals surface area contributed by atoms with Gasteiger partial charge in [0.25, 0.3) is 0 Å². The predicted molar refractivity (Wildman–Crippen MR) is 27.1 cm³/mol. The monoisotopic (exact) mass is 158 g/mol. The lowest BCUT2D eigenvalue weighted by Gasteiger charge is -2.15. The molecule has 10 heavy (non-hydrogen) atoms. The van der Waals surface area contributed by atoms with Gasteiger partial charge < -0.3 is 4.74 Å². The Labute approximate surface area is 55.3 Å². The van der Waals surface area contributed by atoms with Gasteiger partial charge >= 0.3 is 6.18 Å². The molecule has 0 aromatic rings. The van der Waals surface area contributed by atoms with Crippen LogP contribution in [-0.4, -0.2) is 19.0 Å². The first-order valence-corrected chi connectivity index (χ1v) is 2.41. The van der Waals surface area contributed by atoms with Crippen molar-refractivity contribution in [3.05, 3.63) is 12.8 Å². The van der Waals surface area contributed by atoms with E-state index in [-0.39, 0.29) is 0 Å². The quantitative estimate of drug-likeness (QED) is 0.451. The third-order valence-electron chi connectivity index (χ3n) is 0.766. The second kappa shape index (κ2) is 3.43. The summed E-state index contributed by atoms with van der Waals surface area (Å²) >= 11 is 0. The summed E-state index contributed by atoms with van der Waals surface area (Å²) in [5, 5.41) is 0. The first-order chi connectivity index (χ1) is 4.52. The Bertz CT molecular complexity index is 109. The van der Waals surface area contributed by atoms with E-state index in [1.807, 2.05) is 0 Å². The predicted octanol–water partition coefficient (Wildman–Crippen LogP) is 2.05. The highest BCUT2D eigenvalue weighted by molar-refractivity contribution is 4.69. The van der Waals surface area contributed by atoms with Gasteiger partial charge in [0.05, 0.1) is 6.26 Å². The van der Waals surface area contributed by atoms with Crippen molar-refractivity contribution in [2.45, 2.75) is 12.3 Å². The molecule has 1 nitrogen and oxygen atoms in total. The van der Waals surface area contributed by atoms with Gasteiger partial charge in [-0.1, -0.05) is 6.58 Å². The Morgan fingerprint density at radius 1 is 1.50 bits per heavy atom. The standard InChI is InChI=1S/C5H6F4O/c1-2-10-4(3-6)5(7,8)9/h2,4H,1,3H2. The second-order valence-corrected chi connectivity index (χ2v) is 1.49. The van der Waals surface area contributed by atoms with Crippen molar-refractivity contribution < 1.29 is 22.3 Å². The molecule has 0 rings (SSSR count). The highest BCUT2D eigenvalue weighted by atomic mass is 19.4. The molecule has 0 radical (unpaired) electrons. The van der Waals surface area contributed by atoms with Crippen LogP contribution in [0.5, 0.6) is 0 Å². The Kier molecular flexibility index (Phi) is 3.18. The molecule has 0 saturated carbocycles. The third kappa shape index (κ3) is 2.70. The third-order valence-corrected chi connectivity index (χ3v) is 0.766. The maximum absolute atomic E-state index is 11.5. The number of hydrogen-bond acceptors (Lipinski definition) is 1. The number of alkyl halides is 4. The first-order valence-electron chi connectivity index (χ1n) is 2.41. The Morgan fingerprint density at radius 3 is 2.10 bits per heavy atom. The van der Waals surface area contributed by atoms with E-state index in [1.165, 1.54) is 0 Å². The maximum atomic E-state index is 11.5. The molecule has 0 fully saturated rings. The normalized spacial score (nSPS) is 14.4. The number of hydrogen-bond donors (Lipinski definition) is 0. The van der Waals surface area contributed by atoms with Gasteiger partial charge in [-0.3, -0.25) is 0 Å². The van der Waals surface area contributed by atoms with Gasteiger partial charge in [0.1, 0.15) is 6.67 Å². The van der Waals surface area contributed by atoms with Crippen molar-refractivity contribution in [3.63, 3.8) is 0 Å². The molecule has 0 aliphatic carbocycles. The van der Waals surface area contributed by atoms with Crippen LogP contribution in [0.1, 0.15) is 0 Å². The van der Waals surface area contributed by atoms with Crippen LogP contribution >= 0.6 is 0 Å². The van der Waals surface area contributed by atoms with Crippen molar-refractivity contribution in [2.24, 2.45) is 0 Å². The van der Waals surface area contributed by atoms with Crippen LogP contribution in [0.3, 0.4) is 0 Å². The van der Waals surface area contributed by atoms with Crippen LogP contribution < -0.4 is 0 Å². The molecule has 0 aliphatic rings. The van der Waals surface area contributed by atoms with E-state index >= 15 is 0 Å². The van der Waals surface area contributed by atoms with Crippen LogP contribution in [0.15, 0.2) is 12.8 Å². The molecule has 1 unspecified atom stereocenters. The summed E-state index contributed by atoms with van der Waals surface area (Å²) in [7, 11) is 0. The molecule has 0 N–H and O–H groups in total. The van der Waals surface area contributed by atoms with E-state index in [0.29, 0.717) is 6.26 Å². The summed E-state index contributed by atoms with van der Waals surface area (Å²) in [5.41, 5.74) is 0. The van der Waals surface area contributed by atoms with Crippen molar-refractivity contribution >= 4 is 0 Å². The van der Waals surface area contributed by atoms with Crippen LogP contribution in [0.25, 0.3) is 0 Å². The Balaban J connectivity index is 3.92. The molecule has 0 bridgehead atoms. The Morgan fingerprint density at radius 2 is 2.00 bits per heavy atom. The Hall–Kier alpha value is -0.740. The number of rotatable bonds is 3. The lowest BCUT2D eigenvalue weighted by molar-refractivity contribution is -0.209. The van der Waals surface area contributed by atoms with E-state index in [0.717, 1.165) is 0 Å². The van der Waals surface area contributed by atoms with Crippen molar-refractivity contribution in [2.75, 3.05) is 6.67 Å². The molecular formula is C5H6F4O. The van der Waals surface area contributed by atoms with E-state index in [1.54, 1.807) is 0 Å². The molecule has 0 amide bonds. The fourth-order valence-electron chi connectivity index (χ4n) is 0.317. The minimum atomic E-state index is -4.65. The lowest BCUT2D eigenvalue weighted by atomic mass is 10.4. The number of ether oxygens (including phenoxy) is 1. The minimum absolute atomic E-state index is 0.567. The van der Waals surface area contributed by atoms with E-state index in [4.69, 9.17) is 0 Å². The zero-order valence-corrected chi connectivity index (χ0v) is 4.99. The molecule has 0 aromatic heterocycles. The SMILES string of the molecule is C=COC(CF)C(F)(F)F. The minimum Gasteiger partial charge on any atom is -0.486 e. The fraction of sp³-hybridized carbons (Fsp3) is 0.600. The highest BCUT2D eigenvalue weighted by Gasteiger charge is 2.41. The van der Waals surface area contributed by atoms with Gasteiger partial charge in [0, 0.05) is 0 Å². The molecule has 5 heteroatoms. The first kappa shape index (κ1) is 9.26. The average Bonchev–Trinajstić information content (AvgIpc) is 1.80. The van der Waals surface area contributed by atoms with Gasteiger partial charge in [-0.2, -0.15) is 13.2 Å². The molecule has 1 atom stereocenters. The van der Waals surface area contributed by atoms with E-state index in [2.05, 4.69) is 11.3 Å². The zero-order valence-electron chi connectivity index (χ0n) is 4.99. The summed E-state index contributed by atoms with van der Waals surface area (Å²) in [5.74, 6) is 0. The van der Waals surface area contributed by atoms with Crippen LogP contribution in [0.4, 0.5) is 17.6 Å². The molecule has 0 heterocycles. The second-order valence-electron chi connectivity index (χ2n) is 1.49. The molecule has 0 saturated heterocycles. The molecular weight excluding hydrogens is 152 g/mol. The topological polar surface area (TPSA) is 9.23 Å². The van der Waals surface area contributed by atoms with Crippen LogP contribution in [0, 0.1) is 0 Å². The summed E-state index contributed by atoms with van der Waals surface area (Å²) in [6, 6.07) is 0. The van der Waals surface area contributed by atoms with Gasteiger partial charge in [-0.05, 0) is 0 Å². The molecule has 60 valence electrons. The molecule has 0 aromatic carbocycles. The van der Waals surface area contributed by atoms with Crippen molar-refractivity contribution in [3.8, 4) is 0 Å². The molecule has 0 aliphatic heterocycles.